The van der Waals surface area contributed by atoms with Gasteiger partial charge >= 0.3 is 5.88 Å². The first-order valence-corrected chi connectivity index (χ1v) is 7.40. The van der Waals surface area contributed by atoms with E-state index in [0.717, 1.165) is 13.1 Å². The Morgan fingerprint density at radius 3 is 2.43 bits per heavy atom. The summed E-state index contributed by atoms with van der Waals surface area (Å²) in [5.41, 5.74) is 2.38. The summed E-state index contributed by atoms with van der Waals surface area (Å²) in [6.45, 7) is 4.62. The van der Waals surface area contributed by atoms with Crippen LogP contribution in [-0.2, 0) is 0 Å². The maximum absolute atomic E-state index is 12.3. The van der Waals surface area contributed by atoms with Gasteiger partial charge in [0.05, 0.1) is 6.07 Å². The molecule has 1 amide bonds. The van der Waals surface area contributed by atoms with Crippen molar-refractivity contribution in [1.82, 2.24) is 4.90 Å². The van der Waals surface area contributed by atoms with Gasteiger partial charge in [-0.15, -0.1) is 0 Å². The lowest BCUT2D eigenvalue weighted by atomic mass is 10.1. The van der Waals surface area contributed by atoms with Gasteiger partial charge in [-0.25, -0.2) is 0 Å². The van der Waals surface area contributed by atoms with Gasteiger partial charge in [0.15, 0.2) is 5.76 Å². The number of benzene rings is 1. The molecule has 7 heteroatoms. The number of aryl methyl sites for hydroxylation is 1. The Balaban J connectivity index is 1.65. The number of nitro groups is 1. The second-order valence-electron chi connectivity index (χ2n) is 5.46. The molecule has 0 spiro atoms. The number of piperazine rings is 1. The molecule has 0 radical (unpaired) electrons. The van der Waals surface area contributed by atoms with Gasteiger partial charge in [0.25, 0.3) is 5.91 Å². The summed E-state index contributed by atoms with van der Waals surface area (Å²) in [7, 11) is 0. The zero-order valence-corrected chi connectivity index (χ0v) is 12.8. The molecule has 0 unspecified atom stereocenters. The predicted molar refractivity (Wildman–Crippen MR) is 84.7 cm³/mol. The number of nitrogens with zero attached hydrogens (tertiary/aromatic N) is 3. The molecule has 23 heavy (non-hydrogen) atoms. The van der Waals surface area contributed by atoms with E-state index in [1.165, 1.54) is 23.4 Å². The largest absolute Gasteiger partial charge is 0.433 e. The number of anilines is 1. The number of rotatable bonds is 3. The number of para-hydroxylation sites is 1. The summed E-state index contributed by atoms with van der Waals surface area (Å²) >= 11 is 0. The van der Waals surface area contributed by atoms with Gasteiger partial charge in [-0.1, -0.05) is 18.2 Å². The Kier molecular flexibility index (Phi) is 4.01. The van der Waals surface area contributed by atoms with Crippen molar-refractivity contribution in [1.29, 1.82) is 0 Å². The molecule has 120 valence electrons. The van der Waals surface area contributed by atoms with Crippen molar-refractivity contribution in [3.8, 4) is 0 Å². The van der Waals surface area contributed by atoms with E-state index in [1.807, 2.05) is 12.1 Å². The van der Waals surface area contributed by atoms with Crippen LogP contribution in [0.4, 0.5) is 11.6 Å². The predicted octanol–water partition coefficient (Wildman–Crippen LogP) is 2.46. The summed E-state index contributed by atoms with van der Waals surface area (Å²) < 4.78 is 4.99. The van der Waals surface area contributed by atoms with Crippen LogP contribution in [0.5, 0.6) is 0 Å². The molecule has 0 aliphatic carbocycles. The quantitative estimate of drug-likeness (QED) is 0.642. The first-order chi connectivity index (χ1) is 11.1. The van der Waals surface area contributed by atoms with Crippen LogP contribution in [0, 0.1) is 17.0 Å². The SMILES string of the molecule is Cc1ccccc1N1CCN(C(=O)c2ccc([N+](=O)[O-])o2)CC1. The fraction of sp³-hybridized carbons (Fsp3) is 0.312. The first kappa shape index (κ1) is 15.1. The normalized spacial score (nSPS) is 14.8. The minimum atomic E-state index is -0.646. The molecule has 1 aliphatic heterocycles. The lowest BCUT2D eigenvalue weighted by Gasteiger charge is -2.36. The highest BCUT2D eigenvalue weighted by molar-refractivity contribution is 5.92. The van der Waals surface area contributed by atoms with Gasteiger partial charge < -0.3 is 14.2 Å². The molecule has 2 heterocycles. The van der Waals surface area contributed by atoms with Crippen LogP contribution in [0.2, 0.25) is 0 Å². The van der Waals surface area contributed by atoms with Crippen molar-refractivity contribution < 1.29 is 14.1 Å². The van der Waals surface area contributed by atoms with E-state index in [9.17, 15) is 14.9 Å². The number of carbonyl (C=O) groups excluding carboxylic acids is 1. The Bertz CT molecular complexity index is 732. The third-order valence-electron chi connectivity index (χ3n) is 4.01. The van der Waals surface area contributed by atoms with Crippen LogP contribution >= 0.6 is 0 Å². The van der Waals surface area contributed by atoms with Crippen LogP contribution in [0.25, 0.3) is 0 Å². The van der Waals surface area contributed by atoms with Crippen LogP contribution in [-0.4, -0.2) is 41.9 Å². The van der Waals surface area contributed by atoms with Crippen molar-refractivity contribution in [3.05, 3.63) is 57.8 Å². The highest BCUT2D eigenvalue weighted by Gasteiger charge is 2.26. The number of hydrogen-bond donors (Lipinski definition) is 0. The second kappa shape index (κ2) is 6.12. The summed E-state index contributed by atoms with van der Waals surface area (Å²) in [6, 6.07) is 10.7. The number of carbonyl (C=O) groups is 1. The monoisotopic (exact) mass is 315 g/mol. The van der Waals surface area contributed by atoms with Crippen LogP contribution < -0.4 is 4.90 Å². The average molecular weight is 315 g/mol. The lowest BCUT2D eigenvalue weighted by Crippen LogP contribution is -2.48. The highest BCUT2D eigenvalue weighted by atomic mass is 16.6. The van der Waals surface area contributed by atoms with Crippen molar-refractivity contribution in [2.24, 2.45) is 0 Å². The summed E-state index contributed by atoms with van der Waals surface area (Å²) in [5.74, 6) is -0.699. The van der Waals surface area contributed by atoms with E-state index in [0.29, 0.717) is 13.1 Å². The van der Waals surface area contributed by atoms with Gasteiger partial charge in [-0.05, 0) is 24.6 Å². The maximum Gasteiger partial charge on any atom is 0.433 e. The molecule has 0 saturated carbocycles. The fourth-order valence-electron chi connectivity index (χ4n) is 2.77. The Hall–Kier alpha value is -2.83. The molecule has 1 fully saturated rings. The number of furan rings is 1. The molecule has 1 aromatic heterocycles. The van der Waals surface area contributed by atoms with E-state index in [4.69, 9.17) is 4.42 Å². The molecule has 0 bridgehead atoms. The summed E-state index contributed by atoms with van der Waals surface area (Å²) in [5, 5.41) is 10.6. The first-order valence-electron chi connectivity index (χ1n) is 7.40. The van der Waals surface area contributed by atoms with Gasteiger partial charge in [0.2, 0.25) is 0 Å². The van der Waals surface area contributed by atoms with Crippen molar-refractivity contribution in [2.75, 3.05) is 31.1 Å². The lowest BCUT2D eigenvalue weighted by molar-refractivity contribution is -0.402. The zero-order chi connectivity index (χ0) is 16.4. The number of amides is 1. The van der Waals surface area contributed by atoms with Crippen LogP contribution in [0.3, 0.4) is 0 Å². The molecule has 0 N–H and O–H groups in total. The van der Waals surface area contributed by atoms with Gasteiger partial charge in [0, 0.05) is 31.9 Å². The van der Waals surface area contributed by atoms with E-state index < -0.39 is 10.8 Å². The fourth-order valence-corrected chi connectivity index (χ4v) is 2.77. The molecule has 1 saturated heterocycles. The molecule has 2 aromatic rings. The second-order valence-corrected chi connectivity index (χ2v) is 5.46. The molecule has 7 nitrogen and oxygen atoms in total. The van der Waals surface area contributed by atoms with E-state index in [-0.39, 0.29) is 11.7 Å². The van der Waals surface area contributed by atoms with Gasteiger partial charge in [0.1, 0.15) is 4.92 Å². The third-order valence-corrected chi connectivity index (χ3v) is 4.01. The summed E-state index contributed by atoms with van der Waals surface area (Å²) in [6.07, 6.45) is 0. The third kappa shape index (κ3) is 3.03. The Morgan fingerprint density at radius 1 is 1.13 bits per heavy atom. The van der Waals surface area contributed by atoms with Crippen LogP contribution in [0.15, 0.2) is 40.8 Å². The summed E-state index contributed by atoms with van der Waals surface area (Å²) in [4.78, 5) is 26.2. The van der Waals surface area contributed by atoms with Crippen molar-refractivity contribution in [3.63, 3.8) is 0 Å². The highest BCUT2D eigenvalue weighted by Crippen LogP contribution is 2.22. The molecular formula is C16H17N3O4. The Labute approximate surface area is 133 Å². The van der Waals surface area contributed by atoms with Crippen molar-refractivity contribution in [2.45, 2.75) is 6.92 Å². The topological polar surface area (TPSA) is 79.8 Å². The van der Waals surface area contributed by atoms with Crippen LogP contribution in [0.1, 0.15) is 16.1 Å². The molecular weight excluding hydrogens is 298 g/mol. The average Bonchev–Trinajstić information content (AvgIpc) is 3.05. The smallest absolute Gasteiger partial charge is 0.395 e. The van der Waals surface area contributed by atoms with E-state index in [2.05, 4.69) is 24.0 Å². The van der Waals surface area contributed by atoms with Gasteiger partial charge in [-0.2, -0.15) is 0 Å². The zero-order valence-electron chi connectivity index (χ0n) is 12.8. The molecule has 1 aromatic carbocycles. The van der Waals surface area contributed by atoms with Gasteiger partial charge in [-0.3, -0.25) is 14.9 Å². The van der Waals surface area contributed by atoms with Crippen molar-refractivity contribution >= 4 is 17.5 Å². The van der Waals surface area contributed by atoms with E-state index in [1.54, 1.807) is 4.90 Å². The molecule has 1 aliphatic rings. The standard InChI is InChI=1S/C16H17N3O4/c1-12-4-2-3-5-13(12)17-8-10-18(11-9-17)16(20)14-6-7-15(23-14)19(21)22/h2-7H,8-11H2,1H3. The number of hydrogen-bond acceptors (Lipinski definition) is 5. The molecule has 0 atom stereocenters. The van der Waals surface area contributed by atoms with E-state index >= 15 is 0 Å². The maximum atomic E-state index is 12.3. The molecule has 3 rings (SSSR count). The minimum absolute atomic E-state index is 0.0149. The minimum Gasteiger partial charge on any atom is -0.395 e. The Morgan fingerprint density at radius 2 is 1.83 bits per heavy atom.